The van der Waals surface area contributed by atoms with Crippen molar-refractivity contribution in [1.82, 2.24) is 9.97 Å². The fraction of sp³-hybridized carbons (Fsp3) is 0.340. The van der Waals surface area contributed by atoms with Crippen molar-refractivity contribution in [1.29, 1.82) is 0 Å². The number of nitrogens with zero attached hydrogens (tertiary/aromatic N) is 2. The van der Waals surface area contributed by atoms with E-state index in [1.807, 2.05) is 6.20 Å². The van der Waals surface area contributed by atoms with Gasteiger partial charge in [-0.25, -0.2) is 0 Å². The van der Waals surface area contributed by atoms with Gasteiger partial charge in [0.15, 0.2) is 0 Å². The van der Waals surface area contributed by atoms with Crippen molar-refractivity contribution in [3.8, 4) is 33.5 Å². The molecule has 0 fully saturated rings. The maximum atomic E-state index is 5.32. The molecule has 0 aliphatic rings. The molecule has 4 heteroatoms. The average molecular weight is 871 g/mol. The van der Waals surface area contributed by atoms with Crippen molar-refractivity contribution < 1.29 is 22.4 Å². The van der Waals surface area contributed by atoms with E-state index in [9.17, 15) is 0 Å². The quantitative estimate of drug-likeness (QED) is 0.131. The molecule has 4 aromatic carbocycles. The van der Waals surface area contributed by atoms with Gasteiger partial charge in [-0.05, 0) is 66.5 Å². The topological polar surface area (TPSA) is 27.0 Å². The standard InChI is InChI=1S/C47H49N2S.Au/c1-44(2,3)32-13-14-40-38(25-32)39-27-35(47(10,11)12)26-37(43(39)49-40)30-19-28(21-33(23-30)45(4,5)6)29-20-31(24-34(22-29)46(7,8)9)42-36-16-18-50-41(36)15-17-48-42;/h13-18,21-27H,1-12H3;/q-3;+3. The zero-order valence-electron chi connectivity index (χ0n) is 32.1. The molecule has 0 radical (unpaired) electrons. The first-order valence-corrected chi connectivity index (χ1v) is 18.7. The zero-order chi connectivity index (χ0) is 36.0. The third-order valence-corrected chi connectivity index (χ3v) is 10.9. The molecule has 0 N–H and O–H groups in total. The molecule has 0 saturated heterocycles. The summed E-state index contributed by atoms with van der Waals surface area (Å²) in [6.45, 7) is 27.5. The van der Waals surface area contributed by atoms with E-state index in [0.717, 1.165) is 44.5 Å². The summed E-state index contributed by atoms with van der Waals surface area (Å²) in [4.78, 5) is 10.2. The summed E-state index contributed by atoms with van der Waals surface area (Å²) in [5.41, 5.74) is 13.3. The number of pyridine rings is 1. The fourth-order valence-corrected chi connectivity index (χ4v) is 7.49. The molecule has 7 rings (SSSR count). The van der Waals surface area contributed by atoms with Crippen LogP contribution in [0.3, 0.4) is 0 Å². The van der Waals surface area contributed by atoms with Crippen molar-refractivity contribution >= 4 is 43.2 Å². The molecule has 0 aliphatic heterocycles. The van der Waals surface area contributed by atoms with Gasteiger partial charge in [-0.1, -0.05) is 119 Å². The Balaban J connectivity index is 0.00000448. The van der Waals surface area contributed by atoms with Gasteiger partial charge in [0.2, 0.25) is 0 Å². The molecule has 0 atom stereocenters. The molecule has 0 spiro atoms. The Morgan fingerprint density at radius 2 is 1.06 bits per heavy atom. The predicted octanol–water partition coefficient (Wildman–Crippen LogP) is 13.3. The van der Waals surface area contributed by atoms with Crippen LogP contribution in [0, 0.1) is 12.1 Å². The SMILES string of the molecule is CC(C)(C)c1cc(-c2[c-]c(-c3cc(C(C)(C)C)cc4c3[n-]c3ccc(C(C)(C)C)cc34)cc(C(C)(C)C)c2)[c-]c(-c2nccc3sccc23)c1.[Au+3]. The molecule has 0 amide bonds. The summed E-state index contributed by atoms with van der Waals surface area (Å²) >= 11 is 1.75. The zero-order valence-corrected chi connectivity index (χ0v) is 35.1. The van der Waals surface area contributed by atoms with E-state index >= 15 is 0 Å². The van der Waals surface area contributed by atoms with Crippen LogP contribution in [-0.4, -0.2) is 4.98 Å². The second-order valence-corrected chi connectivity index (χ2v) is 19.1. The van der Waals surface area contributed by atoms with Crippen LogP contribution in [0.4, 0.5) is 0 Å². The third kappa shape index (κ3) is 7.16. The van der Waals surface area contributed by atoms with Crippen LogP contribution in [0.25, 0.3) is 65.4 Å². The number of aromatic nitrogens is 2. The molecule has 264 valence electrons. The normalized spacial score (nSPS) is 12.9. The molecule has 7 aromatic rings. The van der Waals surface area contributed by atoms with Gasteiger partial charge < -0.3 is 4.98 Å². The van der Waals surface area contributed by atoms with Gasteiger partial charge >= 0.3 is 22.4 Å². The van der Waals surface area contributed by atoms with Crippen molar-refractivity contribution in [2.45, 2.75) is 105 Å². The molecule has 0 bridgehead atoms. The van der Waals surface area contributed by atoms with Gasteiger partial charge in [0.25, 0.3) is 0 Å². The molecule has 0 saturated carbocycles. The molecule has 2 nitrogen and oxygen atoms in total. The molecular weight excluding hydrogens is 822 g/mol. The van der Waals surface area contributed by atoms with Crippen molar-refractivity contribution in [2.75, 3.05) is 0 Å². The van der Waals surface area contributed by atoms with E-state index in [0.29, 0.717) is 0 Å². The number of thiophene rings is 1. The Morgan fingerprint density at radius 3 is 1.67 bits per heavy atom. The number of rotatable bonds is 3. The maximum Gasteiger partial charge on any atom is 3.00 e. The first kappa shape index (κ1) is 37.3. The van der Waals surface area contributed by atoms with E-state index in [1.54, 1.807) is 11.3 Å². The van der Waals surface area contributed by atoms with Crippen LogP contribution in [0.5, 0.6) is 0 Å². The predicted molar refractivity (Wildman–Crippen MR) is 217 cm³/mol. The van der Waals surface area contributed by atoms with Gasteiger partial charge in [0.1, 0.15) is 0 Å². The first-order valence-electron chi connectivity index (χ1n) is 17.8. The first-order chi connectivity index (χ1) is 23.3. The second-order valence-electron chi connectivity index (χ2n) is 18.1. The molecule has 0 unspecified atom stereocenters. The Morgan fingerprint density at radius 1 is 0.529 bits per heavy atom. The molecule has 3 aromatic heterocycles. The smallest absolute Gasteiger partial charge is 0.663 e. The molecule has 3 heterocycles. The summed E-state index contributed by atoms with van der Waals surface area (Å²) in [7, 11) is 0. The molecule has 51 heavy (non-hydrogen) atoms. The van der Waals surface area contributed by atoms with Crippen LogP contribution in [-0.2, 0) is 44.0 Å². The van der Waals surface area contributed by atoms with Crippen molar-refractivity contribution in [3.05, 3.63) is 113 Å². The van der Waals surface area contributed by atoms with Crippen LogP contribution in [0.15, 0.2) is 78.3 Å². The van der Waals surface area contributed by atoms with E-state index in [4.69, 9.17) is 9.97 Å². The minimum absolute atomic E-state index is 0. The number of hydrogen-bond donors (Lipinski definition) is 0. The van der Waals surface area contributed by atoms with Crippen LogP contribution in [0.1, 0.15) is 105 Å². The maximum absolute atomic E-state index is 5.32. The van der Waals surface area contributed by atoms with Crippen LogP contribution in [0.2, 0.25) is 0 Å². The van der Waals surface area contributed by atoms with Crippen molar-refractivity contribution in [3.63, 3.8) is 0 Å². The number of hydrogen-bond acceptors (Lipinski definition) is 2. The van der Waals surface area contributed by atoms with Gasteiger partial charge in [-0.15, -0.1) is 51.2 Å². The van der Waals surface area contributed by atoms with Crippen LogP contribution >= 0.6 is 11.3 Å². The van der Waals surface area contributed by atoms with E-state index in [2.05, 4.69) is 167 Å². The monoisotopic (exact) mass is 870 g/mol. The van der Waals surface area contributed by atoms with Gasteiger partial charge in [0.05, 0.1) is 0 Å². The summed E-state index contributed by atoms with van der Waals surface area (Å²) in [5.74, 6) is 0. The van der Waals surface area contributed by atoms with E-state index in [-0.39, 0.29) is 44.0 Å². The fourth-order valence-electron chi connectivity index (χ4n) is 6.71. The summed E-state index contributed by atoms with van der Waals surface area (Å²) in [5, 5.41) is 5.75. The Bertz CT molecular complexity index is 2410. The van der Waals surface area contributed by atoms with E-state index < -0.39 is 0 Å². The Hall–Kier alpha value is -3.47. The van der Waals surface area contributed by atoms with Gasteiger partial charge in [-0.2, -0.15) is 40.9 Å². The Labute approximate surface area is 324 Å². The van der Waals surface area contributed by atoms with Gasteiger partial charge in [-0.3, -0.25) is 4.98 Å². The third-order valence-electron chi connectivity index (χ3n) is 10.0. The summed E-state index contributed by atoms with van der Waals surface area (Å²) < 4.78 is 1.24. The summed E-state index contributed by atoms with van der Waals surface area (Å²) in [6, 6.07) is 32.8. The van der Waals surface area contributed by atoms with Gasteiger partial charge in [0, 0.05) is 16.6 Å². The van der Waals surface area contributed by atoms with Crippen molar-refractivity contribution in [2.24, 2.45) is 0 Å². The Kier molecular flexibility index (Phi) is 9.42. The minimum Gasteiger partial charge on any atom is -0.663 e. The largest absolute Gasteiger partial charge is 3.00 e. The number of benzene rings is 4. The van der Waals surface area contributed by atoms with E-state index in [1.165, 1.54) is 43.1 Å². The van der Waals surface area contributed by atoms with Crippen LogP contribution < -0.4 is 4.98 Å². The minimum atomic E-state index is -0.0839. The average Bonchev–Trinajstić information content (AvgIpc) is 3.67. The summed E-state index contributed by atoms with van der Waals surface area (Å²) in [6.07, 6.45) is 1.92. The number of fused-ring (bicyclic) bond motifs is 4. The molecular formula is C47H49AuN2S. The second kappa shape index (κ2) is 12.9. The molecule has 0 aliphatic carbocycles.